The summed E-state index contributed by atoms with van der Waals surface area (Å²) < 4.78 is 1.71. The molecule has 3 aromatic rings. The lowest BCUT2D eigenvalue weighted by Crippen LogP contribution is -2.06. The Morgan fingerprint density at radius 3 is 2.58 bits per heavy atom. The molecule has 19 heavy (non-hydrogen) atoms. The molecule has 0 aliphatic carbocycles. The molecule has 3 rings (SSSR count). The van der Waals surface area contributed by atoms with Crippen LogP contribution in [-0.4, -0.2) is 15.6 Å². The predicted octanol–water partition coefficient (Wildman–Crippen LogP) is 2.39. The molecule has 0 aliphatic heterocycles. The molecule has 0 amide bonds. The Kier molecular flexibility index (Phi) is 2.56. The molecule has 1 heterocycles. The Bertz CT molecular complexity index is 774. The third kappa shape index (κ3) is 1.78. The van der Waals surface area contributed by atoms with E-state index >= 15 is 0 Å². The van der Waals surface area contributed by atoms with E-state index in [1.54, 1.807) is 22.9 Å². The van der Waals surface area contributed by atoms with Crippen LogP contribution in [0.3, 0.4) is 0 Å². The summed E-state index contributed by atoms with van der Waals surface area (Å²) in [6, 6.07) is 14.7. The first-order valence-electron chi connectivity index (χ1n) is 5.99. The summed E-state index contributed by atoms with van der Waals surface area (Å²) in [6.07, 6.45) is 0. The fraction of sp³-hybridized carbons (Fsp3) is 0.0667. The van der Waals surface area contributed by atoms with Crippen LogP contribution in [0.1, 0.15) is 16.1 Å². The van der Waals surface area contributed by atoms with Gasteiger partial charge in [-0.1, -0.05) is 30.3 Å². The summed E-state index contributed by atoms with van der Waals surface area (Å²) in [5, 5.41) is 5.16. The maximum atomic E-state index is 12.5. The standard InChI is InChI=1S/C15H13N3O/c1-18-13-9-5-3-7-11(13)14(17-18)15(19)10-6-2-4-8-12(10)16/h2-9H,16H2,1H3. The van der Waals surface area contributed by atoms with Crippen LogP contribution in [0.25, 0.3) is 10.9 Å². The molecule has 0 bridgehead atoms. The van der Waals surface area contributed by atoms with Crippen molar-refractivity contribution in [2.75, 3.05) is 5.73 Å². The molecule has 0 saturated carbocycles. The lowest BCUT2D eigenvalue weighted by molar-refractivity contribution is 0.103. The number of carbonyl (C=O) groups excluding carboxylic acids is 1. The highest BCUT2D eigenvalue weighted by atomic mass is 16.1. The topological polar surface area (TPSA) is 60.9 Å². The van der Waals surface area contributed by atoms with Crippen molar-refractivity contribution in [3.63, 3.8) is 0 Å². The highest BCUT2D eigenvalue weighted by Gasteiger charge is 2.18. The molecule has 2 aromatic carbocycles. The van der Waals surface area contributed by atoms with Crippen molar-refractivity contribution in [3.8, 4) is 0 Å². The van der Waals surface area contributed by atoms with Gasteiger partial charge >= 0.3 is 0 Å². The van der Waals surface area contributed by atoms with Crippen molar-refractivity contribution < 1.29 is 4.79 Å². The molecular formula is C15H13N3O. The zero-order valence-corrected chi connectivity index (χ0v) is 10.5. The van der Waals surface area contributed by atoms with Gasteiger partial charge in [0.2, 0.25) is 5.78 Å². The number of hydrogen-bond donors (Lipinski definition) is 1. The fourth-order valence-corrected chi connectivity index (χ4v) is 2.21. The Labute approximate surface area is 110 Å². The van der Waals surface area contributed by atoms with Crippen LogP contribution in [0.15, 0.2) is 48.5 Å². The van der Waals surface area contributed by atoms with Crippen LogP contribution in [0.2, 0.25) is 0 Å². The van der Waals surface area contributed by atoms with Crippen molar-refractivity contribution in [1.82, 2.24) is 9.78 Å². The molecule has 1 aromatic heterocycles. The van der Waals surface area contributed by atoms with Gasteiger partial charge in [-0.2, -0.15) is 5.10 Å². The fourth-order valence-electron chi connectivity index (χ4n) is 2.21. The Morgan fingerprint density at radius 2 is 1.79 bits per heavy atom. The van der Waals surface area contributed by atoms with E-state index in [9.17, 15) is 4.79 Å². The molecule has 4 heteroatoms. The second-order valence-electron chi connectivity index (χ2n) is 4.41. The van der Waals surface area contributed by atoms with Crippen molar-refractivity contribution in [1.29, 1.82) is 0 Å². The number of carbonyl (C=O) groups is 1. The number of nitrogens with two attached hydrogens (primary N) is 1. The number of nitrogens with zero attached hydrogens (tertiary/aromatic N) is 2. The highest BCUT2D eigenvalue weighted by Crippen LogP contribution is 2.22. The largest absolute Gasteiger partial charge is 0.398 e. The Hall–Kier alpha value is -2.62. The minimum absolute atomic E-state index is 0.144. The minimum Gasteiger partial charge on any atom is -0.398 e. The van der Waals surface area contributed by atoms with Crippen LogP contribution in [0, 0.1) is 0 Å². The average molecular weight is 251 g/mol. The van der Waals surface area contributed by atoms with Crippen molar-refractivity contribution in [2.45, 2.75) is 0 Å². The summed E-state index contributed by atoms with van der Waals surface area (Å²) in [6.45, 7) is 0. The second-order valence-corrected chi connectivity index (χ2v) is 4.41. The zero-order valence-electron chi connectivity index (χ0n) is 10.5. The molecule has 0 spiro atoms. The second kappa shape index (κ2) is 4.24. The molecule has 0 fully saturated rings. The monoisotopic (exact) mass is 251 g/mol. The quantitative estimate of drug-likeness (QED) is 0.562. The van der Waals surface area contributed by atoms with Gasteiger partial charge < -0.3 is 5.73 Å². The number of ketones is 1. The van der Waals surface area contributed by atoms with Crippen LogP contribution in [0.4, 0.5) is 5.69 Å². The van der Waals surface area contributed by atoms with Gasteiger partial charge in [0, 0.05) is 23.7 Å². The molecule has 2 N–H and O–H groups in total. The summed E-state index contributed by atoms with van der Waals surface area (Å²) in [5.74, 6) is -0.144. The van der Waals surface area contributed by atoms with Gasteiger partial charge in [0.15, 0.2) is 0 Å². The van der Waals surface area contributed by atoms with Crippen molar-refractivity contribution in [2.24, 2.45) is 7.05 Å². The number of rotatable bonds is 2. The molecular weight excluding hydrogens is 238 g/mol. The number of aromatic nitrogens is 2. The molecule has 4 nitrogen and oxygen atoms in total. The van der Waals surface area contributed by atoms with E-state index in [1.165, 1.54) is 0 Å². The number of fused-ring (bicyclic) bond motifs is 1. The first-order chi connectivity index (χ1) is 9.18. The van der Waals surface area contributed by atoms with Gasteiger partial charge in [-0.05, 0) is 18.2 Å². The number of anilines is 1. The molecule has 0 aliphatic rings. The van der Waals surface area contributed by atoms with E-state index in [1.807, 2.05) is 37.4 Å². The van der Waals surface area contributed by atoms with E-state index < -0.39 is 0 Å². The van der Waals surface area contributed by atoms with Gasteiger partial charge in [0.1, 0.15) is 5.69 Å². The number of nitrogen functional groups attached to an aromatic ring is 1. The first-order valence-corrected chi connectivity index (χ1v) is 5.99. The third-order valence-corrected chi connectivity index (χ3v) is 3.18. The number of aryl methyl sites for hydroxylation is 1. The predicted molar refractivity (Wildman–Crippen MR) is 75.0 cm³/mol. The van der Waals surface area contributed by atoms with Crippen LogP contribution in [-0.2, 0) is 7.05 Å². The van der Waals surface area contributed by atoms with Gasteiger partial charge in [-0.3, -0.25) is 9.48 Å². The molecule has 0 radical (unpaired) electrons. The van der Waals surface area contributed by atoms with E-state index in [2.05, 4.69) is 5.10 Å². The van der Waals surface area contributed by atoms with Gasteiger partial charge in [0.05, 0.1) is 5.52 Å². The minimum atomic E-state index is -0.144. The van der Waals surface area contributed by atoms with Gasteiger partial charge in [0.25, 0.3) is 0 Å². The van der Waals surface area contributed by atoms with E-state index in [-0.39, 0.29) is 5.78 Å². The molecule has 94 valence electrons. The summed E-state index contributed by atoms with van der Waals surface area (Å²) in [4.78, 5) is 12.5. The van der Waals surface area contributed by atoms with Crippen molar-refractivity contribution in [3.05, 3.63) is 59.8 Å². The first kappa shape index (κ1) is 11.5. The zero-order chi connectivity index (χ0) is 13.4. The van der Waals surface area contributed by atoms with E-state index in [0.29, 0.717) is 16.9 Å². The number of hydrogen-bond acceptors (Lipinski definition) is 3. The summed E-state index contributed by atoms with van der Waals surface area (Å²) in [7, 11) is 1.83. The SMILES string of the molecule is Cn1nc(C(=O)c2ccccc2N)c2ccccc21. The summed E-state index contributed by atoms with van der Waals surface area (Å²) >= 11 is 0. The number of para-hydroxylation sites is 2. The van der Waals surface area contributed by atoms with E-state index in [4.69, 9.17) is 5.73 Å². The summed E-state index contributed by atoms with van der Waals surface area (Å²) in [5.41, 5.74) is 8.19. The van der Waals surface area contributed by atoms with Gasteiger partial charge in [-0.15, -0.1) is 0 Å². The highest BCUT2D eigenvalue weighted by molar-refractivity contribution is 6.17. The smallest absolute Gasteiger partial charge is 0.215 e. The Balaban J connectivity index is 2.20. The number of benzene rings is 2. The molecule has 0 unspecified atom stereocenters. The normalized spacial score (nSPS) is 10.8. The third-order valence-electron chi connectivity index (χ3n) is 3.18. The molecule has 0 saturated heterocycles. The van der Waals surface area contributed by atoms with E-state index in [0.717, 1.165) is 10.9 Å². The lowest BCUT2D eigenvalue weighted by Gasteiger charge is -2.02. The average Bonchev–Trinajstić information content (AvgIpc) is 2.77. The lowest BCUT2D eigenvalue weighted by atomic mass is 10.0. The van der Waals surface area contributed by atoms with Crippen molar-refractivity contribution >= 4 is 22.4 Å². The van der Waals surface area contributed by atoms with Crippen LogP contribution < -0.4 is 5.73 Å². The van der Waals surface area contributed by atoms with Crippen LogP contribution in [0.5, 0.6) is 0 Å². The maximum Gasteiger partial charge on any atom is 0.215 e. The Morgan fingerprint density at radius 1 is 1.11 bits per heavy atom. The van der Waals surface area contributed by atoms with Gasteiger partial charge in [-0.25, -0.2) is 0 Å². The van der Waals surface area contributed by atoms with Crippen LogP contribution >= 0.6 is 0 Å². The molecule has 0 atom stereocenters. The maximum absolute atomic E-state index is 12.5.